The highest BCUT2D eigenvalue weighted by molar-refractivity contribution is 6.02. The van der Waals surface area contributed by atoms with Crippen molar-refractivity contribution in [3.05, 3.63) is 23.5 Å². The number of alkyl halides is 2. The first-order valence-electron chi connectivity index (χ1n) is 4.45. The molecular formula is C10H12F2O2. The van der Waals surface area contributed by atoms with Crippen molar-refractivity contribution in [2.45, 2.75) is 26.2 Å². The molecule has 0 amide bonds. The molecule has 78 valence electrons. The first-order chi connectivity index (χ1) is 6.52. The molecule has 1 N–H and O–H groups in total. The lowest BCUT2D eigenvalue weighted by Gasteiger charge is -2.16. The fourth-order valence-electron chi connectivity index (χ4n) is 1.38. The van der Waals surface area contributed by atoms with Gasteiger partial charge in [0.15, 0.2) is 5.76 Å². The molecule has 1 atom stereocenters. The van der Waals surface area contributed by atoms with Gasteiger partial charge in [-0.3, -0.25) is 4.79 Å². The van der Waals surface area contributed by atoms with E-state index in [1.165, 1.54) is 6.08 Å². The number of carbonyl (C=O) groups excluding carboxylic acids is 1. The quantitative estimate of drug-likeness (QED) is 0.709. The summed E-state index contributed by atoms with van der Waals surface area (Å²) in [6, 6.07) is 0. The highest BCUT2D eigenvalue weighted by Crippen LogP contribution is 2.25. The molecule has 0 saturated heterocycles. The van der Waals surface area contributed by atoms with Gasteiger partial charge in [0.05, 0.1) is 0 Å². The number of aliphatic hydroxyl groups is 1. The van der Waals surface area contributed by atoms with Crippen LogP contribution in [0.2, 0.25) is 0 Å². The van der Waals surface area contributed by atoms with Crippen molar-refractivity contribution in [1.82, 2.24) is 0 Å². The summed E-state index contributed by atoms with van der Waals surface area (Å²) >= 11 is 0. The molecule has 0 radical (unpaired) electrons. The lowest BCUT2D eigenvalue weighted by Crippen LogP contribution is -2.13. The average molecular weight is 202 g/mol. The van der Waals surface area contributed by atoms with E-state index in [4.69, 9.17) is 5.11 Å². The number of rotatable bonds is 1. The van der Waals surface area contributed by atoms with Gasteiger partial charge in [0.25, 0.3) is 6.43 Å². The van der Waals surface area contributed by atoms with E-state index in [0.29, 0.717) is 12.8 Å². The van der Waals surface area contributed by atoms with Crippen LogP contribution in [0.5, 0.6) is 0 Å². The molecule has 0 aromatic heterocycles. The third kappa shape index (κ3) is 2.40. The van der Waals surface area contributed by atoms with E-state index >= 15 is 0 Å². The van der Waals surface area contributed by atoms with Crippen LogP contribution in [0.1, 0.15) is 19.8 Å². The molecule has 1 aliphatic rings. The molecule has 1 unspecified atom stereocenters. The number of hydrogen-bond donors (Lipinski definition) is 1. The summed E-state index contributed by atoms with van der Waals surface area (Å²) in [5.74, 6) is -1.48. The normalized spacial score (nSPS) is 31.4. The molecule has 0 aromatic carbocycles. The second-order valence-electron chi connectivity index (χ2n) is 3.38. The SMILES string of the molecule is CC1CC/C=C(/O)C(=O)/C=C\1C(F)F. The predicted molar refractivity (Wildman–Crippen MR) is 48.2 cm³/mol. The summed E-state index contributed by atoms with van der Waals surface area (Å²) < 4.78 is 24.9. The van der Waals surface area contributed by atoms with E-state index in [-0.39, 0.29) is 11.5 Å². The Kier molecular flexibility index (Phi) is 3.38. The van der Waals surface area contributed by atoms with E-state index in [0.717, 1.165) is 6.08 Å². The van der Waals surface area contributed by atoms with Crippen molar-refractivity contribution in [2.24, 2.45) is 5.92 Å². The maximum absolute atomic E-state index is 12.5. The van der Waals surface area contributed by atoms with Gasteiger partial charge in [-0.2, -0.15) is 0 Å². The third-order valence-corrected chi connectivity index (χ3v) is 2.31. The molecule has 0 aliphatic heterocycles. The Labute approximate surface area is 80.9 Å². The zero-order valence-corrected chi connectivity index (χ0v) is 7.84. The number of aliphatic hydroxyl groups excluding tert-OH is 1. The summed E-state index contributed by atoms with van der Waals surface area (Å²) in [6.45, 7) is 1.65. The average Bonchev–Trinajstić information content (AvgIpc) is 2.10. The summed E-state index contributed by atoms with van der Waals surface area (Å²) in [6.07, 6.45) is 0.564. The molecular weight excluding hydrogens is 190 g/mol. The molecule has 0 aromatic rings. The Morgan fingerprint density at radius 2 is 2.21 bits per heavy atom. The Bertz CT molecular complexity index is 292. The molecule has 0 saturated carbocycles. The second-order valence-corrected chi connectivity index (χ2v) is 3.38. The zero-order valence-electron chi connectivity index (χ0n) is 7.84. The van der Waals surface area contributed by atoms with Crippen molar-refractivity contribution in [3.8, 4) is 0 Å². The van der Waals surface area contributed by atoms with Crippen molar-refractivity contribution in [3.63, 3.8) is 0 Å². The number of halogens is 2. The zero-order chi connectivity index (χ0) is 10.7. The topological polar surface area (TPSA) is 37.3 Å². The van der Waals surface area contributed by atoms with Gasteiger partial charge in [0.2, 0.25) is 5.78 Å². The summed E-state index contributed by atoms with van der Waals surface area (Å²) in [5.41, 5.74) is -0.186. The molecule has 1 aliphatic carbocycles. The Hall–Kier alpha value is -1.19. The van der Waals surface area contributed by atoms with Gasteiger partial charge in [-0.05, 0) is 30.9 Å². The minimum absolute atomic E-state index is 0.186. The van der Waals surface area contributed by atoms with Crippen LogP contribution in [0.4, 0.5) is 8.78 Å². The Morgan fingerprint density at radius 1 is 1.57 bits per heavy atom. The van der Waals surface area contributed by atoms with Crippen LogP contribution in [0.3, 0.4) is 0 Å². The monoisotopic (exact) mass is 202 g/mol. The lowest BCUT2D eigenvalue weighted by molar-refractivity contribution is -0.113. The van der Waals surface area contributed by atoms with Gasteiger partial charge in [-0.1, -0.05) is 6.92 Å². The van der Waals surface area contributed by atoms with E-state index in [1.54, 1.807) is 6.92 Å². The molecule has 4 heteroatoms. The number of carbonyl (C=O) groups is 1. The van der Waals surface area contributed by atoms with E-state index in [1.807, 2.05) is 0 Å². The smallest absolute Gasteiger partial charge is 0.260 e. The van der Waals surface area contributed by atoms with Gasteiger partial charge in [0, 0.05) is 5.57 Å². The fourth-order valence-corrected chi connectivity index (χ4v) is 1.38. The van der Waals surface area contributed by atoms with Crippen molar-refractivity contribution in [2.75, 3.05) is 0 Å². The van der Waals surface area contributed by atoms with Crippen molar-refractivity contribution < 1.29 is 18.7 Å². The van der Waals surface area contributed by atoms with Crippen LogP contribution in [0.25, 0.3) is 0 Å². The first-order valence-corrected chi connectivity index (χ1v) is 4.45. The number of allylic oxidation sites excluding steroid dienone is 3. The minimum Gasteiger partial charge on any atom is -0.504 e. The van der Waals surface area contributed by atoms with Crippen LogP contribution in [-0.4, -0.2) is 17.3 Å². The maximum atomic E-state index is 12.5. The number of hydrogen-bond acceptors (Lipinski definition) is 2. The molecule has 0 fully saturated rings. The van der Waals surface area contributed by atoms with Crippen LogP contribution in [0.15, 0.2) is 23.5 Å². The molecule has 14 heavy (non-hydrogen) atoms. The highest BCUT2D eigenvalue weighted by Gasteiger charge is 2.22. The standard InChI is InChI=1S/C10H12F2O2/c1-6-3-2-4-8(13)9(14)5-7(6)10(11)12/h4-6,10,13H,2-3H2,1H3/b7-5+,8-4+. The van der Waals surface area contributed by atoms with E-state index in [2.05, 4.69) is 0 Å². The Balaban J connectivity index is 2.98. The first kappa shape index (κ1) is 10.9. The predicted octanol–water partition coefficient (Wildman–Crippen LogP) is 2.62. The van der Waals surface area contributed by atoms with Gasteiger partial charge in [-0.15, -0.1) is 0 Å². The summed E-state index contributed by atoms with van der Waals surface area (Å²) in [7, 11) is 0. The largest absolute Gasteiger partial charge is 0.504 e. The lowest BCUT2D eigenvalue weighted by atomic mass is 9.92. The van der Waals surface area contributed by atoms with Crippen molar-refractivity contribution in [1.29, 1.82) is 0 Å². The minimum atomic E-state index is -2.63. The van der Waals surface area contributed by atoms with Crippen LogP contribution in [0, 0.1) is 5.92 Å². The number of ketones is 1. The Morgan fingerprint density at radius 3 is 2.79 bits per heavy atom. The molecule has 1 rings (SSSR count). The highest BCUT2D eigenvalue weighted by atomic mass is 19.3. The van der Waals surface area contributed by atoms with Crippen LogP contribution >= 0.6 is 0 Å². The second kappa shape index (κ2) is 4.35. The molecule has 0 heterocycles. The fraction of sp³-hybridized carbons (Fsp3) is 0.500. The maximum Gasteiger partial charge on any atom is 0.260 e. The molecule has 2 nitrogen and oxygen atoms in total. The molecule has 0 bridgehead atoms. The van der Waals surface area contributed by atoms with Gasteiger partial charge >= 0.3 is 0 Å². The van der Waals surface area contributed by atoms with E-state index < -0.39 is 18.0 Å². The third-order valence-electron chi connectivity index (χ3n) is 2.31. The molecule has 0 spiro atoms. The van der Waals surface area contributed by atoms with Gasteiger partial charge < -0.3 is 5.11 Å². The van der Waals surface area contributed by atoms with Gasteiger partial charge in [-0.25, -0.2) is 8.78 Å². The van der Waals surface area contributed by atoms with Crippen molar-refractivity contribution >= 4 is 5.78 Å². The van der Waals surface area contributed by atoms with E-state index in [9.17, 15) is 13.6 Å². The summed E-state index contributed by atoms with van der Waals surface area (Å²) in [4.78, 5) is 11.1. The summed E-state index contributed by atoms with van der Waals surface area (Å²) in [5, 5.41) is 9.09. The van der Waals surface area contributed by atoms with Crippen LogP contribution in [-0.2, 0) is 4.79 Å². The van der Waals surface area contributed by atoms with Gasteiger partial charge in [0.1, 0.15) is 0 Å². The van der Waals surface area contributed by atoms with Crippen LogP contribution < -0.4 is 0 Å².